The maximum absolute atomic E-state index is 12.7. The fourth-order valence-electron chi connectivity index (χ4n) is 3.51. The van der Waals surface area contributed by atoms with E-state index in [2.05, 4.69) is 27.6 Å². The van der Waals surface area contributed by atoms with Crippen LogP contribution in [0.25, 0.3) is 11.4 Å². The van der Waals surface area contributed by atoms with E-state index < -0.39 is 0 Å². The molecule has 1 saturated carbocycles. The van der Waals surface area contributed by atoms with E-state index in [-0.39, 0.29) is 11.9 Å². The van der Waals surface area contributed by atoms with Gasteiger partial charge in [-0.1, -0.05) is 30.3 Å². The van der Waals surface area contributed by atoms with Crippen molar-refractivity contribution >= 4 is 18.1 Å². The summed E-state index contributed by atoms with van der Waals surface area (Å²) in [6, 6.07) is 17.9. The summed E-state index contributed by atoms with van der Waals surface area (Å²) in [4.78, 5) is 12.7. The third-order valence-corrected chi connectivity index (χ3v) is 5.55. The molecule has 0 spiro atoms. The molecule has 1 atom stereocenters. The van der Waals surface area contributed by atoms with Crippen LogP contribution in [0, 0.1) is 10.7 Å². The molecule has 6 nitrogen and oxygen atoms in total. The highest BCUT2D eigenvalue weighted by molar-refractivity contribution is 7.71. The number of H-pyrrole nitrogens is 1. The predicted octanol–water partition coefficient (Wildman–Crippen LogP) is 4.27. The van der Waals surface area contributed by atoms with Gasteiger partial charge in [-0.05, 0) is 60.8 Å². The van der Waals surface area contributed by atoms with Crippen LogP contribution in [-0.4, -0.2) is 27.8 Å². The standard InChI is InChI=1S/C22H24N4O2S/c1-28-18-11-9-17(10-12-18)21-24-25-22(29)26(21)14-13-19(27)23-20(16-7-8-16)15-5-3-2-4-6-15/h2-6,9-12,16,20H,7-8,13-14H2,1H3,(H,23,27)(H,25,29). The van der Waals surface area contributed by atoms with Crippen LogP contribution in [-0.2, 0) is 11.3 Å². The maximum Gasteiger partial charge on any atom is 0.222 e. The first kappa shape index (κ1) is 19.4. The molecular weight excluding hydrogens is 384 g/mol. The number of nitrogens with zero attached hydrogens (tertiary/aromatic N) is 2. The molecule has 7 heteroatoms. The minimum absolute atomic E-state index is 0.0227. The zero-order valence-corrected chi connectivity index (χ0v) is 17.1. The van der Waals surface area contributed by atoms with Gasteiger partial charge in [-0.3, -0.25) is 14.5 Å². The number of ether oxygens (including phenoxy) is 1. The number of amides is 1. The minimum Gasteiger partial charge on any atom is -0.497 e. The van der Waals surface area contributed by atoms with Crippen LogP contribution in [0.2, 0.25) is 0 Å². The summed E-state index contributed by atoms with van der Waals surface area (Å²) in [7, 11) is 1.63. The smallest absolute Gasteiger partial charge is 0.222 e. The molecule has 1 aliphatic carbocycles. The molecule has 1 aliphatic rings. The van der Waals surface area contributed by atoms with Crippen LogP contribution in [0.4, 0.5) is 0 Å². The van der Waals surface area contributed by atoms with Gasteiger partial charge in [0, 0.05) is 18.5 Å². The quantitative estimate of drug-likeness (QED) is 0.546. The normalized spacial score (nSPS) is 14.4. The van der Waals surface area contributed by atoms with Crippen molar-refractivity contribution in [2.24, 2.45) is 5.92 Å². The predicted molar refractivity (Wildman–Crippen MR) is 114 cm³/mol. The Morgan fingerprint density at radius 3 is 2.62 bits per heavy atom. The van der Waals surface area contributed by atoms with Crippen molar-refractivity contribution in [1.29, 1.82) is 0 Å². The van der Waals surface area contributed by atoms with E-state index in [0.717, 1.165) is 24.2 Å². The number of nitrogens with one attached hydrogen (secondary N) is 2. The summed E-state index contributed by atoms with van der Waals surface area (Å²) >= 11 is 5.38. The number of aromatic nitrogens is 3. The van der Waals surface area contributed by atoms with Gasteiger partial charge in [-0.15, -0.1) is 0 Å². The number of aromatic amines is 1. The highest BCUT2D eigenvalue weighted by Gasteiger charge is 2.33. The van der Waals surface area contributed by atoms with E-state index in [0.29, 0.717) is 29.5 Å². The largest absolute Gasteiger partial charge is 0.497 e. The summed E-state index contributed by atoms with van der Waals surface area (Å²) in [6.45, 7) is 0.467. The van der Waals surface area contributed by atoms with Crippen molar-refractivity contribution in [2.75, 3.05) is 7.11 Å². The van der Waals surface area contributed by atoms with Gasteiger partial charge in [0.2, 0.25) is 5.91 Å². The van der Waals surface area contributed by atoms with Crippen molar-refractivity contribution in [2.45, 2.75) is 31.8 Å². The Bertz CT molecular complexity index is 1020. The van der Waals surface area contributed by atoms with E-state index in [1.165, 1.54) is 5.56 Å². The topological polar surface area (TPSA) is 71.9 Å². The zero-order chi connectivity index (χ0) is 20.2. The summed E-state index contributed by atoms with van der Waals surface area (Å²) in [5, 5.41) is 10.4. The monoisotopic (exact) mass is 408 g/mol. The highest BCUT2D eigenvalue weighted by atomic mass is 32.1. The molecule has 1 amide bonds. The first-order valence-corrected chi connectivity index (χ1v) is 10.2. The number of hydrogen-bond acceptors (Lipinski definition) is 4. The van der Waals surface area contributed by atoms with Gasteiger partial charge in [0.15, 0.2) is 10.6 Å². The first-order valence-electron chi connectivity index (χ1n) is 9.79. The molecule has 4 rings (SSSR count). The molecule has 29 heavy (non-hydrogen) atoms. The lowest BCUT2D eigenvalue weighted by molar-refractivity contribution is -0.122. The second-order valence-electron chi connectivity index (χ2n) is 7.28. The first-order chi connectivity index (χ1) is 14.2. The molecule has 0 radical (unpaired) electrons. The Morgan fingerprint density at radius 1 is 1.24 bits per heavy atom. The Hall–Kier alpha value is -2.93. The Morgan fingerprint density at radius 2 is 1.97 bits per heavy atom. The Balaban J connectivity index is 1.44. The summed E-state index contributed by atoms with van der Waals surface area (Å²) < 4.78 is 7.58. The number of carbonyl (C=O) groups is 1. The fraction of sp³-hybridized carbons (Fsp3) is 0.318. The van der Waals surface area contributed by atoms with Crippen molar-refractivity contribution in [3.8, 4) is 17.1 Å². The molecule has 150 valence electrons. The van der Waals surface area contributed by atoms with Crippen LogP contribution in [0.5, 0.6) is 5.75 Å². The van der Waals surface area contributed by atoms with E-state index in [9.17, 15) is 4.79 Å². The molecule has 0 saturated heterocycles. The molecule has 2 N–H and O–H groups in total. The molecule has 0 aliphatic heterocycles. The van der Waals surface area contributed by atoms with Gasteiger partial charge in [-0.25, -0.2) is 0 Å². The average Bonchev–Trinajstić information content (AvgIpc) is 3.54. The second kappa shape index (κ2) is 8.61. The highest BCUT2D eigenvalue weighted by Crippen LogP contribution is 2.41. The van der Waals surface area contributed by atoms with Gasteiger partial charge in [0.25, 0.3) is 0 Å². The van der Waals surface area contributed by atoms with Crippen LogP contribution >= 0.6 is 12.2 Å². The SMILES string of the molecule is COc1ccc(-c2n[nH]c(=S)n2CCC(=O)NC(c2ccccc2)C2CC2)cc1. The van der Waals surface area contributed by atoms with Crippen LogP contribution in [0.3, 0.4) is 0 Å². The van der Waals surface area contributed by atoms with Crippen LogP contribution in [0.1, 0.15) is 30.9 Å². The minimum atomic E-state index is 0.0227. The molecule has 0 bridgehead atoms. The number of rotatable bonds is 8. The van der Waals surface area contributed by atoms with Crippen LogP contribution in [0.15, 0.2) is 54.6 Å². The number of carbonyl (C=O) groups excluding carboxylic acids is 1. The van der Waals surface area contributed by atoms with Gasteiger partial charge in [-0.2, -0.15) is 5.10 Å². The Labute approximate surface area is 174 Å². The maximum atomic E-state index is 12.7. The molecular formula is C22H24N4O2S. The fourth-order valence-corrected chi connectivity index (χ4v) is 3.73. The summed E-state index contributed by atoms with van der Waals surface area (Å²) in [5.74, 6) is 2.05. The van der Waals surface area contributed by atoms with Crippen molar-refractivity contribution in [3.63, 3.8) is 0 Å². The van der Waals surface area contributed by atoms with Crippen LogP contribution < -0.4 is 10.1 Å². The van der Waals surface area contributed by atoms with Gasteiger partial charge in [0.1, 0.15) is 5.75 Å². The molecule has 2 aromatic carbocycles. The van der Waals surface area contributed by atoms with E-state index in [1.807, 2.05) is 47.0 Å². The number of methoxy groups -OCH3 is 1. The second-order valence-corrected chi connectivity index (χ2v) is 7.66. The van der Waals surface area contributed by atoms with Gasteiger partial charge >= 0.3 is 0 Å². The average molecular weight is 409 g/mol. The van der Waals surface area contributed by atoms with E-state index in [4.69, 9.17) is 17.0 Å². The van der Waals surface area contributed by atoms with Crippen molar-refractivity contribution in [1.82, 2.24) is 20.1 Å². The third kappa shape index (κ3) is 4.56. The number of hydrogen-bond donors (Lipinski definition) is 2. The van der Waals surface area contributed by atoms with E-state index >= 15 is 0 Å². The molecule has 1 heterocycles. The Kier molecular flexibility index (Phi) is 5.76. The van der Waals surface area contributed by atoms with Crippen molar-refractivity contribution in [3.05, 3.63) is 64.9 Å². The summed E-state index contributed by atoms with van der Waals surface area (Å²) in [5.41, 5.74) is 2.08. The summed E-state index contributed by atoms with van der Waals surface area (Å²) in [6.07, 6.45) is 2.66. The lowest BCUT2D eigenvalue weighted by Crippen LogP contribution is -2.30. The molecule has 1 aromatic heterocycles. The van der Waals surface area contributed by atoms with Crippen molar-refractivity contribution < 1.29 is 9.53 Å². The molecule has 1 fully saturated rings. The van der Waals surface area contributed by atoms with E-state index in [1.54, 1.807) is 7.11 Å². The zero-order valence-electron chi connectivity index (χ0n) is 16.3. The third-order valence-electron chi connectivity index (χ3n) is 5.24. The molecule has 3 aromatic rings. The molecule has 1 unspecified atom stereocenters. The number of benzene rings is 2. The lowest BCUT2D eigenvalue weighted by atomic mass is 10.0. The lowest BCUT2D eigenvalue weighted by Gasteiger charge is -2.19. The van der Waals surface area contributed by atoms with Gasteiger partial charge < -0.3 is 10.1 Å². The van der Waals surface area contributed by atoms with Gasteiger partial charge in [0.05, 0.1) is 13.2 Å².